The summed E-state index contributed by atoms with van der Waals surface area (Å²) >= 11 is 1.14. The van der Waals surface area contributed by atoms with Gasteiger partial charge in [0.25, 0.3) is 11.2 Å². The zero-order chi connectivity index (χ0) is 24.2. The summed E-state index contributed by atoms with van der Waals surface area (Å²) in [5.74, 6) is -0.224. The zero-order valence-electron chi connectivity index (χ0n) is 18.6. The first-order valence-electron chi connectivity index (χ1n) is 10.6. The summed E-state index contributed by atoms with van der Waals surface area (Å²) < 4.78 is 1.56. The first-order valence-corrected chi connectivity index (χ1v) is 11.6. The highest BCUT2D eigenvalue weighted by Gasteiger charge is 2.18. The van der Waals surface area contributed by atoms with E-state index in [9.17, 15) is 19.7 Å². The monoisotopic (exact) mass is 474 g/mol. The van der Waals surface area contributed by atoms with Crippen LogP contribution in [0.1, 0.15) is 25.3 Å². The third kappa shape index (κ3) is 4.84. The number of nitrogens with one attached hydrogen (secondary N) is 1. The van der Waals surface area contributed by atoms with Crippen LogP contribution in [-0.4, -0.2) is 26.1 Å². The van der Waals surface area contributed by atoms with Crippen LogP contribution in [0.15, 0.2) is 82.7 Å². The van der Waals surface area contributed by atoms with Crippen LogP contribution >= 0.6 is 11.8 Å². The minimum absolute atomic E-state index is 0.0304. The predicted molar refractivity (Wildman–Crippen MR) is 134 cm³/mol. The molecular formula is C25H22N4O4S. The highest BCUT2D eigenvalue weighted by Crippen LogP contribution is 2.27. The molecule has 172 valence electrons. The Bertz CT molecular complexity index is 1450. The number of nitro groups is 1. The second-order valence-corrected chi connectivity index (χ2v) is 8.85. The maximum atomic E-state index is 13.5. The molecule has 8 nitrogen and oxygen atoms in total. The molecular weight excluding hydrogens is 452 g/mol. The molecule has 1 N–H and O–H groups in total. The molecule has 0 aliphatic rings. The summed E-state index contributed by atoms with van der Waals surface area (Å²) in [7, 11) is 0. The van der Waals surface area contributed by atoms with Crippen molar-refractivity contribution < 1.29 is 9.72 Å². The SMILES string of the molecule is CC(C)c1ccccc1-n1c(SCC(=O)Nc2cccc([N+](=O)[O-])c2)nc2ccccc2c1=O. The number of para-hydroxylation sites is 2. The van der Waals surface area contributed by atoms with Crippen molar-refractivity contribution in [2.45, 2.75) is 24.9 Å². The number of amides is 1. The first-order chi connectivity index (χ1) is 16.3. The Kier molecular flexibility index (Phi) is 6.74. The van der Waals surface area contributed by atoms with Crippen LogP contribution in [0.25, 0.3) is 16.6 Å². The van der Waals surface area contributed by atoms with Gasteiger partial charge in [0.2, 0.25) is 5.91 Å². The van der Waals surface area contributed by atoms with Crippen molar-refractivity contribution in [3.05, 3.63) is 98.8 Å². The van der Waals surface area contributed by atoms with E-state index in [-0.39, 0.29) is 28.8 Å². The lowest BCUT2D eigenvalue weighted by Crippen LogP contribution is -2.24. The van der Waals surface area contributed by atoms with Gasteiger partial charge in [-0.05, 0) is 35.7 Å². The molecule has 0 aliphatic heterocycles. The summed E-state index contributed by atoms with van der Waals surface area (Å²) in [6.07, 6.45) is 0. The number of anilines is 1. The minimum atomic E-state index is -0.520. The lowest BCUT2D eigenvalue weighted by molar-refractivity contribution is -0.384. The quantitative estimate of drug-likeness (QED) is 0.172. The van der Waals surface area contributed by atoms with Gasteiger partial charge in [0.1, 0.15) is 0 Å². The summed E-state index contributed by atoms with van der Waals surface area (Å²) in [5.41, 5.74) is 2.27. The van der Waals surface area contributed by atoms with E-state index in [1.54, 1.807) is 28.8 Å². The maximum Gasteiger partial charge on any atom is 0.271 e. The number of nitro benzene ring substituents is 1. The number of carbonyl (C=O) groups is 1. The average molecular weight is 475 g/mol. The van der Waals surface area contributed by atoms with E-state index in [4.69, 9.17) is 0 Å². The van der Waals surface area contributed by atoms with Gasteiger partial charge >= 0.3 is 0 Å². The second kappa shape index (κ2) is 9.88. The standard InChI is InChI=1S/C25H22N4O4S/c1-16(2)19-10-4-6-13-22(19)28-24(31)20-11-3-5-12-21(20)27-25(28)34-15-23(30)26-17-8-7-9-18(14-17)29(32)33/h3-14,16H,15H2,1-2H3,(H,26,30). The maximum absolute atomic E-state index is 13.5. The molecule has 34 heavy (non-hydrogen) atoms. The van der Waals surface area contributed by atoms with Crippen LogP contribution in [0.2, 0.25) is 0 Å². The Morgan fingerprint density at radius 1 is 1.09 bits per heavy atom. The number of benzene rings is 3. The van der Waals surface area contributed by atoms with Crippen LogP contribution in [-0.2, 0) is 4.79 Å². The van der Waals surface area contributed by atoms with Gasteiger partial charge in [-0.2, -0.15) is 0 Å². The van der Waals surface area contributed by atoms with Crippen molar-refractivity contribution in [3.8, 4) is 5.69 Å². The van der Waals surface area contributed by atoms with Crippen LogP contribution < -0.4 is 10.9 Å². The fourth-order valence-electron chi connectivity index (χ4n) is 3.63. The molecule has 3 aromatic carbocycles. The number of carbonyl (C=O) groups excluding carboxylic acids is 1. The van der Waals surface area contributed by atoms with Gasteiger partial charge in [0.05, 0.1) is 27.3 Å². The van der Waals surface area contributed by atoms with Gasteiger partial charge in [0, 0.05) is 17.8 Å². The zero-order valence-corrected chi connectivity index (χ0v) is 19.4. The van der Waals surface area contributed by atoms with Crippen molar-refractivity contribution in [2.75, 3.05) is 11.1 Å². The molecule has 0 aliphatic carbocycles. The Balaban J connectivity index is 1.69. The summed E-state index contributed by atoms with van der Waals surface area (Å²) in [6, 6.07) is 20.5. The fraction of sp³-hybridized carbons (Fsp3) is 0.160. The molecule has 0 unspecified atom stereocenters. The van der Waals surface area contributed by atoms with Gasteiger partial charge in [-0.3, -0.25) is 24.3 Å². The Morgan fingerprint density at radius 3 is 2.59 bits per heavy atom. The van der Waals surface area contributed by atoms with Crippen molar-refractivity contribution in [1.29, 1.82) is 0 Å². The Hall–Kier alpha value is -3.98. The van der Waals surface area contributed by atoms with Gasteiger partial charge in [-0.25, -0.2) is 4.98 Å². The average Bonchev–Trinajstić information content (AvgIpc) is 2.83. The smallest absolute Gasteiger partial charge is 0.271 e. The van der Waals surface area contributed by atoms with Crippen molar-refractivity contribution in [3.63, 3.8) is 0 Å². The van der Waals surface area contributed by atoms with Crippen molar-refractivity contribution in [1.82, 2.24) is 9.55 Å². The van der Waals surface area contributed by atoms with Gasteiger partial charge in [-0.1, -0.05) is 62.0 Å². The number of aromatic nitrogens is 2. The number of non-ortho nitro benzene ring substituents is 1. The van der Waals surface area contributed by atoms with Crippen LogP contribution in [0.3, 0.4) is 0 Å². The number of rotatable bonds is 7. The molecule has 1 amide bonds. The highest BCUT2D eigenvalue weighted by molar-refractivity contribution is 7.99. The van der Waals surface area contributed by atoms with Crippen LogP contribution in [0.4, 0.5) is 11.4 Å². The topological polar surface area (TPSA) is 107 Å². The molecule has 0 fully saturated rings. The summed E-state index contributed by atoms with van der Waals surface area (Å²) in [4.78, 5) is 41.3. The molecule has 4 rings (SSSR count). The molecule has 0 radical (unpaired) electrons. The normalized spacial score (nSPS) is 11.0. The van der Waals surface area contributed by atoms with Crippen molar-refractivity contribution >= 4 is 39.9 Å². The van der Waals surface area contributed by atoms with E-state index in [1.165, 1.54) is 18.2 Å². The van der Waals surface area contributed by atoms with E-state index in [0.29, 0.717) is 21.7 Å². The highest BCUT2D eigenvalue weighted by atomic mass is 32.2. The van der Waals surface area contributed by atoms with E-state index in [1.807, 2.05) is 30.3 Å². The lowest BCUT2D eigenvalue weighted by atomic mass is 10.0. The Labute approximate surface area is 199 Å². The number of nitrogens with zero attached hydrogens (tertiary/aromatic N) is 3. The molecule has 0 saturated heterocycles. The first kappa shape index (κ1) is 23.2. The Morgan fingerprint density at radius 2 is 1.82 bits per heavy atom. The number of hydrogen-bond donors (Lipinski definition) is 1. The largest absolute Gasteiger partial charge is 0.325 e. The second-order valence-electron chi connectivity index (χ2n) is 7.91. The third-order valence-electron chi connectivity index (χ3n) is 5.22. The van der Waals surface area contributed by atoms with Gasteiger partial charge in [0.15, 0.2) is 5.16 Å². The number of hydrogen-bond acceptors (Lipinski definition) is 6. The third-order valence-corrected chi connectivity index (χ3v) is 6.16. The number of fused-ring (bicyclic) bond motifs is 1. The van der Waals surface area contributed by atoms with Crippen molar-refractivity contribution in [2.24, 2.45) is 0 Å². The van der Waals surface area contributed by atoms with E-state index in [0.717, 1.165) is 23.0 Å². The molecule has 0 atom stereocenters. The van der Waals surface area contributed by atoms with E-state index < -0.39 is 4.92 Å². The molecule has 4 aromatic rings. The van der Waals surface area contributed by atoms with Gasteiger partial charge in [-0.15, -0.1) is 0 Å². The van der Waals surface area contributed by atoms with E-state index >= 15 is 0 Å². The molecule has 0 spiro atoms. The molecule has 1 heterocycles. The predicted octanol–water partition coefficient (Wildman–Crippen LogP) is 5.15. The van der Waals surface area contributed by atoms with Crippen LogP contribution in [0, 0.1) is 10.1 Å². The minimum Gasteiger partial charge on any atom is -0.325 e. The molecule has 0 bridgehead atoms. The summed E-state index contributed by atoms with van der Waals surface area (Å²) in [6.45, 7) is 4.11. The van der Waals surface area contributed by atoms with Gasteiger partial charge < -0.3 is 5.32 Å². The summed E-state index contributed by atoms with van der Waals surface area (Å²) in [5, 5.41) is 14.5. The fourth-order valence-corrected chi connectivity index (χ4v) is 4.43. The molecule has 1 aromatic heterocycles. The van der Waals surface area contributed by atoms with Crippen LogP contribution in [0.5, 0.6) is 0 Å². The van der Waals surface area contributed by atoms with E-state index in [2.05, 4.69) is 24.1 Å². The molecule has 9 heteroatoms. The number of thioether (sulfide) groups is 1. The lowest BCUT2D eigenvalue weighted by Gasteiger charge is -2.18. The molecule has 0 saturated carbocycles.